The van der Waals surface area contributed by atoms with Gasteiger partial charge in [0, 0.05) is 13.1 Å². The maximum absolute atomic E-state index is 12.3. The van der Waals surface area contributed by atoms with Crippen LogP contribution in [0.15, 0.2) is 0 Å². The Bertz CT molecular complexity index is 241. The third-order valence-corrected chi connectivity index (χ3v) is 1.73. The number of hydrogen-bond acceptors (Lipinski definition) is 2. The van der Waals surface area contributed by atoms with E-state index in [1.165, 1.54) is 0 Å². The van der Waals surface area contributed by atoms with Crippen molar-refractivity contribution in [2.24, 2.45) is 0 Å². The van der Waals surface area contributed by atoms with Gasteiger partial charge in [0.15, 0.2) is 0 Å². The van der Waals surface area contributed by atoms with Crippen LogP contribution in [0.1, 0.15) is 0 Å². The molecule has 1 rings (SSSR count). The number of alkyl halides is 3. The summed E-state index contributed by atoms with van der Waals surface area (Å²) >= 11 is 4.51. The van der Waals surface area contributed by atoms with Crippen molar-refractivity contribution in [1.29, 1.82) is 0 Å². The summed E-state index contributed by atoms with van der Waals surface area (Å²) in [6.45, 7) is -0.119. The van der Waals surface area contributed by atoms with E-state index in [1.807, 2.05) is 0 Å². The summed E-state index contributed by atoms with van der Waals surface area (Å²) in [5, 5.41) is -1.52. The molecule has 0 aromatic heterocycles. The van der Waals surface area contributed by atoms with E-state index in [2.05, 4.69) is 16.9 Å². The van der Waals surface area contributed by atoms with Crippen LogP contribution in [0.2, 0.25) is 0 Å². The van der Waals surface area contributed by atoms with Gasteiger partial charge in [-0.25, -0.2) is 0 Å². The quantitative estimate of drug-likeness (QED) is 0.611. The van der Waals surface area contributed by atoms with Crippen LogP contribution in [-0.4, -0.2) is 41.7 Å². The highest BCUT2D eigenvalue weighted by Crippen LogP contribution is 2.21. The van der Waals surface area contributed by atoms with Gasteiger partial charge in [0.25, 0.3) is 0 Å². The largest absolute Gasteiger partial charge is 0.399 e. The molecule has 4 nitrogen and oxygen atoms in total. The minimum absolute atomic E-state index is 0.0624. The molecule has 0 bridgehead atoms. The summed E-state index contributed by atoms with van der Waals surface area (Å²) < 4.78 is 24.5. The lowest BCUT2D eigenvalue weighted by Gasteiger charge is -2.27. The molecule has 1 aliphatic heterocycles. The number of carbonyl (C=O) groups is 2. The Labute approximate surface area is 77.8 Å². The highest BCUT2D eigenvalue weighted by atomic mass is 35.5. The first-order chi connectivity index (χ1) is 5.91. The fourth-order valence-corrected chi connectivity index (χ4v) is 1.11. The molecule has 1 N–H and O–H groups in total. The van der Waals surface area contributed by atoms with E-state index < -0.39 is 17.2 Å². The Morgan fingerprint density at radius 1 is 1.62 bits per heavy atom. The van der Waals surface area contributed by atoms with Gasteiger partial charge in [0.1, 0.15) is 0 Å². The average Bonchev–Trinajstić information content (AvgIpc) is 2.01. The number of piperazine rings is 1. The molecule has 74 valence electrons. The minimum atomic E-state index is -3.92. The molecule has 0 saturated carbocycles. The Hall–Kier alpha value is -0.910. The molecule has 1 heterocycles. The second-order valence-corrected chi connectivity index (χ2v) is 3.05. The molecule has 0 aromatic carbocycles. The predicted octanol–water partition coefficient (Wildman–Crippen LogP) is -0.224. The smallest absolute Gasteiger partial charge is 0.353 e. The fourth-order valence-electron chi connectivity index (χ4n) is 0.991. The molecular weight excluding hydrogens is 206 g/mol. The number of nitrogens with one attached hydrogen (secondary N) is 1. The van der Waals surface area contributed by atoms with Gasteiger partial charge >= 0.3 is 11.3 Å². The first kappa shape index (κ1) is 10.2. The molecule has 1 aliphatic rings. The molecule has 0 spiro atoms. The van der Waals surface area contributed by atoms with Gasteiger partial charge in [-0.05, 0) is 11.6 Å². The molecule has 0 aliphatic carbocycles. The molecule has 1 saturated heterocycles. The highest BCUT2D eigenvalue weighted by Gasteiger charge is 2.40. The van der Waals surface area contributed by atoms with Crippen LogP contribution in [0.3, 0.4) is 0 Å². The topological polar surface area (TPSA) is 49.4 Å². The van der Waals surface area contributed by atoms with Crippen LogP contribution in [0.5, 0.6) is 0 Å². The highest BCUT2D eigenvalue weighted by molar-refractivity contribution is 6.32. The molecule has 2 amide bonds. The van der Waals surface area contributed by atoms with Gasteiger partial charge in [-0.3, -0.25) is 9.59 Å². The Morgan fingerprint density at radius 2 is 2.23 bits per heavy atom. The van der Waals surface area contributed by atoms with Crippen molar-refractivity contribution in [2.45, 2.75) is 5.38 Å². The Morgan fingerprint density at radius 3 is 2.69 bits per heavy atom. The molecule has 1 fully saturated rings. The van der Waals surface area contributed by atoms with Crippen LogP contribution in [0.4, 0.5) is 8.78 Å². The molecular formula is C6H7ClF2N2O2. The van der Waals surface area contributed by atoms with Crippen LogP contribution in [0.25, 0.3) is 0 Å². The van der Waals surface area contributed by atoms with Crippen molar-refractivity contribution in [1.82, 2.24) is 10.2 Å². The van der Waals surface area contributed by atoms with Gasteiger partial charge in [-0.15, -0.1) is 0 Å². The predicted molar refractivity (Wildman–Crippen MR) is 40.4 cm³/mol. The normalized spacial score (nSPS) is 18.4. The number of halogens is 3. The standard InChI is InChI=1S/C6H7ClF2N2O2/c7-6(8,9)5(13)11-2-1-10-4(12)3-11/h1-3H2,(H,10,12). The zero-order chi connectivity index (χ0) is 10.1. The van der Waals surface area contributed by atoms with Crippen molar-refractivity contribution >= 4 is 23.4 Å². The molecule has 0 unspecified atom stereocenters. The maximum atomic E-state index is 12.3. The van der Waals surface area contributed by atoms with Gasteiger partial charge in [-0.2, -0.15) is 8.78 Å². The van der Waals surface area contributed by atoms with Gasteiger partial charge in [0.05, 0.1) is 6.54 Å². The van der Waals surface area contributed by atoms with Crippen LogP contribution in [0, 0.1) is 0 Å². The average molecular weight is 213 g/mol. The number of rotatable bonds is 1. The van der Waals surface area contributed by atoms with E-state index in [9.17, 15) is 18.4 Å². The van der Waals surface area contributed by atoms with Crippen molar-refractivity contribution in [3.05, 3.63) is 0 Å². The summed E-state index contributed by atoms with van der Waals surface area (Å²) in [7, 11) is 0. The third kappa shape index (κ3) is 2.51. The van der Waals surface area contributed by atoms with E-state index in [0.29, 0.717) is 0 Å². The maximum Gasteiger partial charge on any atom is 0.399 e. The van der Waals surface area contributed by atoms with Crippen molar-refractivity contribution in [2.75, 3.05) is 19.6 Å². The summed E-state index contributed by atoms with van der Waals surface area (Å²) in [4.78, 5) is 22.3. The van der Waals surface area contributed by atoms with Crippen LogP contribution < -0.4 is 5.32 Å². The second-order valence-electron chi connectivity index (χ2n) is 2.57. The Balaban J connectivity index is 2.62. The van der Waals surface area contributed by atoms with E-state index >= 15 is 0 Å². The summed E-state index contributed by atoms with van der Waals surface area (Å²) in [6, 6.07) is 0. The number of carbonyl (C=O) groups excluding carboxylic acids is 2. The van der Waals surface area contributed by atoms with Crippen molar-refractivity contribution in [3.8, 4) is 0 Å². The van der Waals surface area contributed by atoms with E-state index in [1.54, 1.807) is 0 Å². The zero-order valence-corrected chi connectivity index (χ0v) is 7.27. The molecule has 0 aromatic rings. The van der Waals surface area contributed by atoms with Gasteiger partial charge < -0.3 is 10.2 Å². The summed E-state index contributed by atoms with van der Waals surface area (Å²) in [6.07, 6.45) is 0. The van der Waals surface area contributed by atoms with Crippen LogP contribution >= 0.6 is 11.6 Å². The van der Waals surface area contributed by atoms with E-state index in [-0.39, 0.29) is 19.6 Å². The van der Waals surface area contributed by atoms with E-state index in [0.717, 1.165) is 4.90 Å². The van der Waals surface area contributed by atoms with Crippen molar-refractivity contribution in [3.63, 3.8) is 0 Å². The first-order valence-corrected chi connectivity index (χ1v) is 3.92. The molecule has 7 heteroatoms. The SMILES string of the molecule is O=C1CN(C(=O)C(F)(F)Cl)CCN1. The number of amides is 2. The lowest BCUT2D eigenvalue weighted by molar-refractivity contribution is -0.150. The lowest BCUT2D eigenvalue weighted by atomic mass is 10.3. The number of nitrogens with zero attached hydrogens (tertiary/aromatic N) is 1. The first-order valence-electron chi connectivity index (χ1n) is 3.54. The number of hydrogen-bond donors (Lipinski definition) is 1. The zero-order valence-electron chi connectivity index (χ0n) is 6.52. The monoisotopic (exact) mass is 212 g/mol. The lowest BCUT2D eigenvalue weighted by Crippen LogP contribution is -2.53. The Kier molecular flexibility index (Phi) is 2.70. The summed E-state index contributed by atoms with van der Waals surface area (Å²) in [5.74, 6) is -1.98. The summed E-state index contributed by atoms with van der Waals surface area (Å²) in [5.41, 5.74) is 0. The fraction of sp³-hybridized carbons (Fsp3) is 0.667. The van der Waals surface area contributed by atoms with Gasteiger partial charge in [0.2, 0.25) is 5.91 Å². The third-order valence-electron chi connectivity index (χ3n) is 1.57. The molecule has 13 heavy (non-hydrogen) atoms. The minimum Gasteiger partial charge on any atom is -0.353 e. The second kappa shape index (κ2) is 3.45. The van der Waals surface area contributed by atoms with E-state index in [4.69, 9.17) is 0 Å². The van der Waals surface area contributed by atoms with Crippen LogP contribution in [-0.2, 0) is 9.59 Å². The van der Waals surface area contributed by atoms with Crippen molar-refractivity contribution < 1.29 is 18.4 Å². The van der Waals surface area contributed by atoms with Gasteiger partial charge in [-0.1, -0.05) is 0 Å². The molecule has 0 radical (unpaired) electrons. The molecule has 0 atom stereocenters.